The second-order valence-electron chi connectivity index (χ2n) is 6.77. The molecule has 0 saturated carbocycles. The lowest BCUT2D eigenvalue weighted by atomic mass is 10.3. The van der Waals surface area contributed by atoms with Crippen LogP contribution < -0.4 is 0 Å². The van der Waals surface area contributed by atoms with E-state index < -0.39 is 0 Å². The quantitative estimate of drug-likeness (QED) is 0.709. The fourth-order valence-electron chi connectivity index (χ4n) is 3.41. The first kappa shape index (κ1) is 17.2. The van der Waals surface area contributed by atoms with E-state index in [2.05, 4.69) is 32.7 Å². The Morgan fingerprint density at radius 3 is 2.58 bits per heavy atom. The molecule has 3 heterocycles. The molecule has 0 radical (unpaired) electrons. The predicted molar refractivity (Wildman–Crippen MR) is 104 cm³/mol. The molecule has 2 aromatic heterocycles. The number of benzene rings is 1. The standard InChI is InChI=1S/C19H23N5OS/c1-14-13-15(2)24(21-14)12-9-22-7-10-23(11-8-22)19(25)18-20-16-5-3-4-6-17(16)26-18/h3-6,13H,7-12H2,1-2H3. The molecule has 3 aromatic rings. The Labute approximate surface area is 157 Å². The van der Waals surface area contributed by atoms with Gasteiger partial charge in [-0.15, -0.1) is 11.3 Å². The van der Waals surface area contributed by atoms with Gasteiger partial charge in [0.2, 0.25) is 0 Å². The maximum Gasteiger partial charge on any atom is 0.282 e. The normalized spacial score (nSPS) is 15.7. The summed E-state index contributed by atoms with van der Waals surface area (Å²) >= 11 is 1.48. The second-order valence-corrected chi connectivity index (χ2v) is 7.80. The van der Waals surface area contributed by atoms with Gasteiger partial charge in [-0.2, -0.15) is 5.10 Å². The highest BCUT2D eigenvalue weighted by molar-refractivity contribution is 7.20. The first-order chi connectivity index (χ1) is 12.6. The van der Waals surface area contributed by atoms with Crippen molar-refractivity contribution in [1.82, 2.24) is 24.6 Å². The topological polar surface area (TPSA) is 54.3 Å². The van der Waals surface area contributed by atoms with Crippen molar-refractivity contribution < 1.29 is 4.79 Å². The zero-order valence-electron chi connectivity index (χ0n) is 15.2. The van der Waals surface area contributed by atoms with Crippen molar-refractivity contribution in [2.24, 2.45) is 0 Å². The molecule has 1 aliphatic heterocycles. The van der Waals surface area contributed by atoms with E-state index in [1.165, 1.54) is 17.0 Å². The first-order valence-electron chi connectivity index (χ1n) is 8.98. The van der Waals surface area contributed by atoms with Gasteiger partial charge in [-0.05, 0) is 32.0 Å². The summed E-state index contributed by atoms with van der Waals surface area (Å²) in [4.78, 5) is 21.6. The number of nitrogens with zero attached hydrogens (tertiary/aromatic N) is 5. The molecule has 7 heteroatoms. The van der Waals surface area contributed by atoms with Crippen LogP contribution in [0, 0.1) is 13.8 Å². The molecule has 0 N–H and O–H groups in total. The third-order valence-corrected chi connectivity index (χ3v) is 5.89. The van der Waals surface area contributed by atoms with E-state index in [-0.39, 0.29) is 5.91 Å². The van der Waals surface area contributed by atoms with E-state index in [0.717, 1.165) is 55.2 Å². The highest BCUT2D eigenvalue weighted by Gasteiger charge is 2.24. The zero-order valence-corrected chi connectivity index (χ0v) is 16.0. The number of carbonyl (C=O) groups excluding carboxylic acids is 1. The largest absolute Gasteiger partial charge is 0.334 e. The lowest BCUT2D eigenvalue weighted by Crippen LogP contribution is -2.49. The molecule has 0 spiro atoms. The van der Waals surface area contributed by atoms with Crippen LogP contribution in [0.5, 0.6) is 0 Å². The van der Waals surface area contributed by atoms with E-state index in [9.17, 15) is 4.79 Å². The van der Waals surface area contributed by atoms with Crippen LogP contribution in [0.1, 0.15) is 21.2 Å². The fourth-order valence-corrected chi connectivity index (χ4v) is 4.34. The van der Waals surface area contributed by atoms with E-state index in [0.29, 0.717) is 5.01 Å². The van der Waals surface area contributed by atoms with Gasteiger partial charge >= 0.3 is 0 Å². The number of aryl methyl sites for hydroxylation is 2. The number of piperazine rings is 1. The number of aromatic nitrogens is 3. The van der Waals surface area contributed by atoms with Crippen molar-refractivity contribution >= 4 is 27.5 Å². The molecule has 0 unspecified atom stereocenters. The number of amides is 1. The van der Waals surface area contributed by atoms with Gasteiger partial charge in [0, 0.05) is 38.4 Å². The van der Waals surface area contributed by atoms with E-state index >= 15 is 0 Å². The Balaban J connectivity index is 1.32. The van der Waals surface area contributed by atoms with Gasteiger partial charge in [0.25, 0.3) is 5.91 Å². The molecule has 0 bridgehead atoms. The van der Waals surface area contributed by atoms with E-state index in [1.54, 1.807) is 0 Å². The van der Waals surface area contributed by atoms with Crippen LogP contribution >= 0.6 is 11.3 Å². The van der Waals surface area contributed by atoms with Crippen molar-refractivity contribution in [1.29, 1.82) is 0 Å². The van der Waals surface area contributed by atoms with Crippen LogP contribution in [0.2, 0.25) is 0 Å². The highest BCUT2D eigenvalue weighted by Crippen LogP contribution is 2.23. The van der Waals surface area contributed by atoms with Crippen molar-refractivity contribution in [2.75, 3.05) is 32.7 Å². The highest BCUT2D eigenvalue weighted by atomic mass is 32.1. The monoisotopic (exact) mass is 369 g/mol. The summed E-state index contributed by atoms with van der Waals surface area (Å²) in [6.07, 6.45) is 0. The number of hydrogen-bond donors (Lipinski definition) is 0. The van der Waals surface area contributed by atoms with Crippen LogP contribution in [-0.4, -0.2) is 63.2 Å². The molecular formula is C19H23N5OS. The summed E-state index contributed by atoms with van der Waals surface area (Å²) in [6, 6.07) is 10.0. The second kappa shape index (κ2) is 7.17. The summed E-state index contributed by atoms with van der Waals surface area (Å²) in [5.41, 5.74) is 3.17. The van der Waals surface area contributed by atoms with E-state index in [1.807, 2.05) is 36.1 Å². The Kier molecular flexibility index (Phi) is 4.74. The summed E-state index contributed by atoms with van der Waals surface area (Å²) in [6.45, 7) is 9.28. The third-order valence-electron chi connectivity index (χ3n) is 4.87. The van der Waals surface area contributed by atoms with Crippen LogP contribution in [-0.2, 0) is 6.54 Å². The summed E-state index contributed by atoms with van der Waals surface area (Å²) in [5.74, 6) is 0.0596. The maximum absolute atomic E-state index is 12.7. The van der Waals surface area contributed by atoms with Gasteiger partial charge < -0.3 is 4.90 Å². The van der Waals surface area contributed by atoms with E-state index in [4.69, 9.17) is 0 Å². The van der Waals surface area contributed by atoms with Crippen LogP contribution in [0.3, 0.4) is 0 Å². The minimum absolute atomic E-state index is 0.0596. The van der Waals surface area contributed by atoms with Gasteiger partial charge in [-0.3, -0.25) is 14.4 Å². The molecule has 0 aliphatic carbocycles. The minimum atomic E-state index is 0.0596. The molecule has 4 rings (SSSR count). The maximum atomic E-state index is 12.7. The average Bonchev–Trinajstić information content (AvgIpc) is 3.22. The molecule has 1 saturated heterocycles. The molecule has 1 aromatic carbocycles. The number of fused-ring (bicyclic) bond motifs is 1. The fraction of sp³-hybridized carbons (Fsp3) is 0.421. The Morgan fingerprint density at radius 2 is 1.88 bits per heavy atom. The minimum Gasteiger partial charge on any atom is -0.334 e. The summed E-state index contributed by atoms with van der Waals surface area (Å²) in [7, 11) is 0. The van der Waals surface area contributed by atoms with Gasteiger partial charge in [-0.25, -0.2) is 4.98 Å². The van der Waals surface area contributed by atoms with Crippen LogP contribution in [0.25, 0.3) is 10.2 Å². The molecular weight excluding hydrogens is 346 g/mol. The summed E-state index contributed by atoms with van der Waals surface area (Å²) in [5, 5.41) is 5.12. The van der Waals surface area contributed by atoms with Crippen LogP contribution in [0.15, 0.2) is 30.3 Å². The molecule has 1 aliphatic rings. The lowest BCUT2D eigenvalue weighted by molar-refractivity contribution is 0.0631. The smallest absolute Gasteiger partial charge is 0.282 e. The Bertz CT molecular complexity index is 890. The molecule has 0 atom stereocenters. The van der Waals surface area contributed by atoms with Crippen molar-refractivity contribution in [3.63, 3.8) is 0 Å². The number of carbonyl (C=O) groups is 1. The van der Waals surface area contributed by atoms with Crippen molar-refractivity contribution in [3.05, 3.63) is 46.7 Å². The Hall–Kier alpha value is -2.25. The third kappa shape index (κ3) is 3.50. The van der Waals surface area contributed by atoms with Crippen LogP contribution in [0.4, 0.5) is 0 Å². The van der Waals surface area contributed by atoms with Crippen molar-refractivity contribution in [3.8, 4) is 0 Å². The zero-order chi connectivity index (χ0) is 18.1. The van der Waals surface area contributed by atoms with Gasteiger partial charge in [0.1, 0.15) is 0 Å². The number of thiazole rings is 1. The van der Waals surface area contributed by atoms with Gasteiger partial charge in [0.05, 0.1) is 22.5 Å². The number of para-hydroxylation sites is 1. The number of rotatable bonds is 4. The molecule has 26 heavy (non-hydrogen) atoms. The van der Waals surface area contributed by atoms with Gasteiger partial charge in [0.15, 0.2) is 5.01 Å². The van der Waals surface area contributed by atoms with Gasteiger partial charge in [-0.1, -0.05) is 12.1 Å². The average molecular weight is 369 g/mol. The van der Waals surface area contributed by atoms with Crippen molar-refractivity contribution in [2.45, 2.75) is 20.4 Å². The lowest BCUT2D eigenvalue weighted by Gasteiger charge is -2.34. The number of hydrogen-bond acceptors (Lipinski definition) is 5. The molecule has 6 nitrogen and oxygen atoms in total. The summed E-state index contributed by atoms with van der Waals surface area (Å²) < 4.78 is 3.13. The SMILES string of the molecule is Cc1cc(C)n(CCN2CCN(C(=O)c3nc4ccccc4s3)CC2)n1. The molecule has 1 amide bonds. The first-order valence-corrected chi connectivity index (χ1v) is 9.80. The molecule has 136 valence electrons. The molecule has 1 fully saturated rings. The Morgan fingerprint density at radius 1 is 1.12 bits per heavy atom. The predicted octanol–water partition coefficient (Wildman–Crippen LogP) is 2.57.